The third-order valence-corrected chi connectivity index (χ3v) is 5.16. The summed E-state index contributed by atoms with van der Waals surface area (Å²) in [6.45, 7) is 3.01. The van der Waals surface area contributed by atoms with Crippen LogP contribution in [0.3, 0.4) is 0 Å². The van der Waals surface area contributed by atoms with Crippen LogP contribution in [0.1, 0.15) is 25.0 Å². The Balaban J connectivity index is 1.37. The molecule has 28 heavy (non-hydrogen) atoms. The summed E-state index contributed by atoms with van der Waals surface area (Å²) >= 11 is 0. The highest BCUT2D eigenvalue weighted by Gasteiger charge is 2.20. The maximum absolute atomic E-state index is 12.6. The summed E-state index contributed by atoms with van der Waals surface area (Å²) in [6, 6.07) is 17.9. The molecular formula is C23H26N2O3. The highest BCUT2D eigenvalue weighted by atomic mass is 16.5. The minimum Gasteiger partial charge on any atom is -0.468 e. The molecule has 1 aliphatic rings. The first-order valence-electron chi connectivity index (χ1n) is 9.92. The van der Waals surface area contributed by atoms with E-state index in [1.165, 1.54) is 0 Å². The van der Waals surface area contributed by atoms with Gasteiger partial charge in [0.05, 0.1) is 18.9 Å². The van der Waals surface area contributed by atoms with Crippen LogP contribution in [-0.2, 0) is 16.1 Å². The summed E-state index contributed by atoms with van der Waals surface area (Å²) in [7, 11) is 0. The quantitative estimate of drug-likeness (QED) is 0.629. The number of benzene rings is 2. The Morgan fingerprint density at radius 3 is 2.82 bits per heavy atom. The minimum absolute atomic E-state index is 0.0214. The van der Waals surface area contributed by atoms with Gasteiger partial charge in [0.15, 0.2) is 0 Å². The van der Waals surface area contributed by atoms with Crippen LogP contribution >= 0.6 is 0 Å². The van der Waals surface area contributed by atoms with Gasteiger partial charge in [-0.25, -0.2) is 0 Å². The molecule has 1 amide bonds. The molecule has 3 aromatic rings. The molecule has 0 bridgehead atoms. The van der Waals surface area contributed by atoms with Gasteiger partial charge in [0.25, 0.3) is 0 Å². The average molecular weight is 378 g/mol. The Hall–Kier alpha value is -2.63. The summed E-state index contributed by atoms with van der Waals surface area (Å²) in [6.07, 6.45) is 4.55. The SMILES string of the molecule is O=C(CCN(Cc1ccco1)CC1CCCO1)Nc1cccc2ccccc12. The third-order valence-electron chi connectivity index (χ3n) is 5.16. The molecule has 0 radical (unpaired) electrons. The fourth-order valence-electron chi connectivity index (χ4n) is 3.74. The number of carbonyl (C=O) groups excluding carboxylic acids is 1. The van der Waals surface area contributed by atoms with Crippen LogP contribution in [0.25, 0.3) is 10.8 Å². The van der Waals surface area contributed by atoms with Crippen molar-refractivity contribution in [2.75, 3.05) is 25.0 Å². The first-order chi connectivity index (χ1) is 13.8. The molecule has 1 saturated heterocycles. The van der Waals surface area contributed by atoms with Gasteiger partial charge in [-0.05, 0) is 36.4 Å². The van der Waals surface area contributed by atoms with E-state index in [-0.39, 0.29) is 12.0 Å². The third kappa shape index (κ3) is 4.80. The lowest BCUT2D eigenvalue weighted by atomic mass is 10.1. The van der Waals surface area contributed by atoms with Crippen LogP contribution < -0.4 is 5.32 Å². The molecule has 1 aliphatic heterocycles. The zero-order valence-corrected chi connectivity index (χ0v) is 16.0. The van der Waals surface area contributed by atoms with E-state index >= 15 is 0 Å². The van der Waals surface area contributed by atoms with Gasteiger partial charge in [0.1, 0.15) is 5.76 Å². The van der Waals surface area contributed by atoms with Gasteiger partial charge < -0.3 is 14.5 Å². The fraction of sp³-hybridized carbons (Fsp3) is 0.348. The van der Waals surface area contributed by atoms with E-state index in [9.17, 15) is 4.79 Å². The van der Waals surface area contributed by atoms with Crippen molar-refractivity contribution >= 4 is 22.4 Å². The Morgan fingerprint density at radius 1 is 1.11 bits per heavy atom. The standard InChI is InChI=1S/C23H26N2O3/c26-23(24-22-11-3-7-18-6-1-2-10-21(18)22)12-13-25(16-19-8-4-14-27-19)17-20-9-5-15-28-20/h1-4,6-8,10-11,14,20H,5,9,12-13,15-17H2,(H,24,26). The molecule has 2 aromatic carbocycles. The van der Waals surface area contributed by atoms with E-state index in [1.807, 2.05) is 42.5 Å². The van der Waals surface area contributed by atoms with Crippen molar-refractivity contribution in [2.45, 2.75) is 31.9 Å². The highest BCUT2D eigenvalue weighted by Crippen LogP contribution is 2.23. The summed E-state index contributed by atoms with van der Waals surface area (Å²) in [5, 5.41) is 5.26. The number of anilines is 1. The van der Waals surface area contributed by atoms with Crippen molar-refractivity contribution in [3.05, 3.63) is 66.6 Å². The predicted molar refractivity (Wildman–Crippen MR) is 110 cm³/mol. The van der Waals surface area contributed by atoms with Gasteiger partial charge in [-0.3, -0.25) is 9.69 Å². The Kier molecular flexibility index (Phi) is 6.04. The summed E-state index contributed by atoms with van der Waals surface area (Å²) in [5.74, 6) is 0.931. The molecular weight excluding hydrogens is 352 g/mol. The van der Waals surface area contributed by atoms with Crippen molar-refractivity contribution < 1.29 is 13.9 Å². The smallest absolute Gasteiger partial charge is 0.225 e. The van der Waals surface area contributed by atoms with Gasteiger partial charge in [-0.15, -0.1) is 0 Å². The maximum atomic E-state index is 12.6. The monoisotopic (exact) mass is 378 g/mol. The van der Waals surface area contributed by atoms with Crippen molar-refractivity contribution in [2.24, 2.45) is 0 Å². The molecule has 2 heterocycles. The van der Waals surface area contributed by atoms with E-state index in [2.05, 4.69) is 22.3 Å². The number of amides is 1. The first-order valence-corrected chi connectivity index (χ1v) is 9.92. The van der Waals surface area contributed by atoms with E-state index in [1.54, 1.807) is 6.26 Å². The number of nitrogens with zero attached hydrogens (tertiary/aromatic N) is 1. The topological polar surface area (TPSA) is 54.7 Å². The Bertz CT molecular complexity index is 896. The van der Waals surface area contributed by atoms with Crippen LogP contribution in [0.2, 0.25) is 0 Å². The molecule has 1 N–H and O–H groups in total. The second-order valence-electron chi connectivity index (χ2n) is 7.27. The summed E-state index contributed by atoms with van der Waals surface area (Å²) in [4.78, 5) is 14.9. The lowest BCUT2D eigenvalue weighted by Crippen LogP contribution is -2.34. The zero-order valence-electron chi connectivity index (χ0n) is 16.0. The van der Waals surface area contributed by atoms with E-state index in [0.717, 1.165) is 48.2 Å². The Morgan fingerprint density at radius 2 is 2.00 bits per heavy atom. The lowest BCUT2D eigenvalue weighted by molar-refractivity contribution is -0.116. The molecule has 0 aliphatic carbocycles. The number of fused-ring (bicyclic) bond motifs is 1. The Labute approximate surface area is 165 Å². The van der Waals surface area contributed by atoms with E-state index in [4.69, 9.17) is 9.15 Å². The maximum Gasteiger partial charge on any atom is 0.225 e. The number of hydrogen-bond donors (Lipinski definition) is 1. The average Bonchev–Trinajstić information content (AvgIpc) is 3.41. The molecule has 1 aromatic heterocycles. The molecule has 5 heteroatoms. The van der Waals surface area contributed by atoms with Crippen LogP contribution in [0.5, 0.6) is 0 Å². The minimum atomic E-state index is 0.0214. The van der Waals surface area contributed by atoms with Crippen LogP contribution in [0.4, 0.5) is 5.69 Å². The molecule has 1 atom stereocenters. The molecule has 1 fully saturated rings. The van der Waals surface area contributed by atoms with E-state index < -0.39 is 0 Å². The highest BCUT2D eigenvalue weighted by molar-refractivity contribution is 6.02. The molecule has 0 saturated carbocycles. The van der Waals surface area contributed by atoms with Gasteiger partial charge in [-0.1, -0.05) is 36.4 Å². The van der Waals surface area contributed by atoms with Crippen molar-refractivity contribution in [1.29, 1.82) is 0 Å². The largest absolute Gasteiger partial charge is 0.468 e. The van der Waals surface area contributed by atoms with Gasteiger partial charge in [0, 0.05) is 37.2 Å². The summed E-state index contributed by atoms with van der Waals surface area (Å²) in [5.41, 5.74) is 0.861. The van der Waals surface area contributed by atoms with E-state index in [0.29, 0.717) is 19.5 Å². The van der Waals surface area contributed by atoms with Gasteiger partial charge in [-0.2, -0.15) is 0 Å². The number of furan rings is 1. The zero-order chi connectivity index (χ0) is 19.2. The van der Waals surface area contributed by atoms with Crippen molar-refractivity contribution in [1.82, 2.24) is 4.90 Å². The first kappa shape index (κ1) is 18.7. The normalized spacial score (nSPS) is 16.7. The number of rotatable bonds is 8. The van der Waals surface area contributed by atoms with Crippen molar-refractivity contribution in [3.63, 3.8) is 0 Å². The molecule has 5 nitrogen and oxygen atoms in total. The second kappa shape index (κ2) is 9.04. The van der Waals surface area contributed by atoms with Gasteiger partial charge >= 0.3 is 0 Å². The molecule has 0 spiro atoms. The second-order valence-corrected chi connectivity index (χ2v) is 7.27. The van der Waals surface area contributed by atoms with Crippen molar-refractivity contribution in [3.8, 4) is 0 Å². The summed E-state index contributed by atoms with van der Waals surface area (Å²) < 4.78 is 11.3. The predicted octanol–water partition coefficient (Wildman–Crippen LogP) is 4.44. The fourth-order valence-corrected chi connectivity index (χ4v) is 3.74. The van der Waals surface area contributed by atoms with Crippen LogP contribution in [0, 0.1) is 0 Å². The lowest BCUT2D eigenvalue weighted by Gasteiger charge is -2.24. The van der Waals surface area contributed by atoms with Gasteiger partial charge in [0.2, 0.25) is 5.91 Å². The molecule has 1 unspecified atom stereocenters. The number of carbonyl (C=O) groups is 1. The van der Waals surface area contributed by atoms with Crippen LogP contribution in [0.15, 0.2) is 65.3 Å². The molecule has 146 valence electrons. The number of nitrogens with one attached hydrogen (secondary N) is 1. The van der Waals surface area contributed by atoms with Crippen LogP contribution in [-0.4, -0.2) is 36.6 Å². The number of ether oxygens (including phenoxy) is 1. The number of hydrogen-bond acceptors (Lipinski definition) is 4. The molecule has 4 rings (SSSR count).